The van der Waals surface area contributed by atoms with Crippen molar-refractivity contribution in [3.05, 3.63) is 42.7 Å². The number of amides is 1. The third-order valence-electron chi connectivity index (χ3n) is 2.85. The molecule has 0 saturated heterocycles. The van der Waals surface area contributed by atoms with Crippen molar-refractivity contribution in [3.8, 4) is 16.9 Å². The minimum absolute atomic E-state index is 0.517. The molecule has 5 heteroatoms. The number of hydrogen-bond acceptors (Lipinski definition) is 4. The van der Waals surface area contributed by atoms with E-state index in [-0.39, 0.29) is 0 Å². The van der Waals surface area contributed by atoms with Crippen LogP contribution in [0, 0.1) is 0 Å². The smallest absolute Gasteiger partial charge is 0.412 e. The Balaban J connectivity index is 2.33. The number of nitrogens with one attached hydrogen (secondary N) is 1. The number of benzene rings is 1. The molecule has 0 unspecified atom stereocenters. The summed E-state index contributed by atoms with van der Waals surface area (Å²) < 4.78 is 10.7. The number of rotatable bonds is 3. The molecule has 0 aliphatic heterocycles. The first-order valence-corrected chi connectivity index (χ1v) is 6.98. The van der Waals surface area contributed by atoms with Crippen molar-refractivity contribution in [1.82, 2.24) is 4.98 Å². The van der Waals surface area contributed by atoms with Gasteiger partial charge in [-0.25, -0.2) is 4.79 Å². The number of carbonyl (C=O) groups excluding carboxylic acids is 1. The number of para-hydroxylation sites is 1. The highest BCUT2D eigenvalue weighted by Crippen LogP contribution is 2.34. The standard InChI is InChI=1S/C17H20N2O3/c1-17(2,3)22-16(20)19-14-11-18-10-9-12(14)13-7-5-6-8-15(13)21-4/h5-11H,1-4H3,(H,19,20). The summed E-state index contributed by atoms with van der Waals surface area (Å²) in [6.07, 6.45) is 2.74. The van der Waals surface area contributed by atoms with Crippen molar-refractivity contribution in [2.75, 3.05) is 12.4 Å². The first-order chi connectivity index (χ1) is 10.4. The van der Waals surface area contributed by atoms with E-state index in [1.807, 2.05) is 51.1 Å². The van der Waals surface area contributed by atoms with Crippen molar-refractivity contribution >= 4 is 11.8 Å². The average molecular weight is 300 g/mol. The number of hydrogen-bond donors (Lipinski definition) is 1. The molecule has 1 heterocycles. The highest BCUT2D eigenvalue weighted by atomic mass is 16.6. The van der Waals surface area contributed by atoms with Crippen LogP contribution >= 0.6 is 0 Å². The van der Waals surface area contributed by atoms with Crippen LogP contribution in [0.3, 0.4) is 0 Å². The predicted molar refractivity (Wildman–Crippen MR) is 86.1 cm³/mol. The fourth-order valence-electron chi connectivity index (χ4n) is 2.01. The maximum Gasteiger partial charge on any atom is 0.412 e. The Hall–Kier alpha value is -2.56. The van der Waals surface area contributed by atoms with Crippen LogP contribution < -0.4 is 10.1 Å². The van der Waals surface area contributed by atoms with E-state index in [1.54, 1.807) is 19.5 Å². The van der Waals surface area contributed by atoms with Gasteiger partial charge in [0.2, 0.25) is 0 Å². The summed E-state index contributed by atoms with van der Waals surface area (Å²) in [4.78, 5) is 16.0. The molecule has 0 atom stereocenters. The maximum absolute atomic E-state index is 12.0. The lowest BCUT2D eigenvalue weighted by Crippen LogP contribution is -2.27. The van der Waals surface area contributed by atoms with E-state index in [9.17, 15) is 4.79 Å². The summed E-state index contributed by atoms with van der Waals surface area (Å²) >= 11 is 0. The lowest BCUT2D eigenvalue weighted by molar-refractivity contribution is 0.0636. The van der Waals surface area contributed by atoms with Crippen molar-refractivity contribution in [2.45, 2.75) is 26.4 Å². The molecule has 0 aliphatic rings. The topological polar surface area (TPSA) is 60.5 Å². The minimum Gasteiger partial charge on any atom is -0.496 e. The fourth-order valence-corrected chi connectivity index (χ4v) is 2.01. The molecule has 0 aliphatic carbocycles. The Kier molecular flexibility index (Phi) is 4.65. The van der Waals surface area contributed by atoms with E-state index in [0.29, 0.717) is 5.69 Å². The lowest BCUT2D eigenvalue weighted by atomic mass is 10.0. The van der Waals surface area contributed by atoms with Gasteiger partial charge in [-0.3, -0.25) is 10.3 Å². The van der Waals surface area contributed by atoms with Crippen LogP contribution in [0.25, 0.3) is 11.1 Å². The highest BCUT2D eigenvalue weighted by Gasteiger charge is 2.18. The molecule has 1 aromatic carbocycles. The molecule has 0 fully saturated rings. The van der Waals surface area contributed by atoms with Gasteiger partial charge in [-0.1, -0.05) is 18.2 Å². The summed E-state index contributed by atoms with van der Waals surface area (Å²) in [7, 11) is 1.61. The zero-order valence-corrected chi connectivity index (χ0v) is 13.2. The predicted octanol–water partition coefficient (Wildman–Crippen LogP) is 4.10. The lowest BCUT2D eigenvalue weighted by Gasteiger charge is -2.20. The molecule has 2 rings (SSSR count). The molecule has 116 valence electrons. The summed E-state index contributed by atoms with van der Waals surface area (Å²) in [5, 5.41) is 2.74. The number of methoxy groups -OCH3 is 1. The van der Waals surface area contributed by atoms with Crippen molar-refractivity contribution in [3.63, 3.8) is 0 Å². The van der Waals surface area contributed by atoms with Crippen molar-refractivity contribution < 1.29 is 14.3 Å². The van der Waals surface area contributed by atoms with Crippen LogP contribution in [0.15, 0.2) is 42.7 Å². The van der Waals surface area contributed by atoms with Gasteiger partial charge in [0.05, 0.1) is 19.0 Å². The molecule has 0 radical (unpaired) electrons. The fraction of sp³-hybridized carbons (Fsp3) is 0.294. The number of pyridine rings is 1. The Morgan fingerprint density at radius 1 is 1.14 bits per heavy atom. The largest absolute Gasteiger partial charge is 0.496 e. The molecule has 2 aromatic rings. The number of aromatic nitrogens is 1. The second-order valence-corrected chi connectivity index (χ2v) is 5.75. The Morgan fingerprint density at radius 2 is 1.86 bits per heavy atom. The van der Waals surface area contributed by atoms with Gasteiger partial charge in [-0.05, 0) is 32.9 Å². The maximum atomic E-state index is 12.0. The summed E-state index contributed by atoms with van der Waals surface area (Å²) in [6, 6.07) is 9.42. The van der Waals surface area contributed by atoms with E-state index < -0.39 is 11.7 Å². The SMILES string of the molecule is COc1ccccc1-c1ccncc1NC(=O)OC(C)(C)C. The van der Waals surface area contributed by atoms with Gasteiger partial charge >= 0.3 is 6.09 Å². The van der Waals surface area contributed by atoms with Crippen LogP contribution in [0.2, 0.25) is 0 Å². The number of nitrogens with zero attached hydrogens (tertiary/aromatic N) is 1. The molecule has 0 saturated carbocycles. The van der Waals surface area contributed by atoms with E-state index in [0.717, 1.165) is 16.9 Å². The molecule has 1 amide bonds. The van der Waals surface area contributed by atoms with Gasteiger partial charge in [-0.2, -0.15) is 0 Å². The zero-order chi connectivity index (χ0) is 16.2. The zero-order valence-electron chi connectivity index (χ0n) is 13.2. The number of anilines is 1. The molecule has 1 N–H and O–H groups in total. The highest BCUT2D eigenvalue weighted by molar-refractivity contribution is 5.92. The Morgan fingerprint density at radius 3 is 2.55 bits per heavy atom. The Labute approximate surface area is 130 Å². The van der Waals surface area contributed by atoms with E-state index in [2.05, 4.69) is 10.3 Å². The second kappa shape index (κ2) is 6.47. The van der Waals surface area contributed by atoms with E-state index in [4.69, 9.17) is 9.47 Å². The van der Waals surface area contributed by atoms with Gasteiger partial charge in [0.1, 0.15) is 11.4 Å². The molecular formula is C17H20N2O3. The number of ether oxygens (including phenoxy) is 2. The number of carbonyl (C=O) groups is 1. The third-order valence-corrected chi connectivity index (χ3v) is 2.85. The van der Waals surface area contributed by atoms with Gasteiger partial charge in [0.25, 0.3) is 0 Å². The normalized spacial score (nSPS) is 10.9. The summed E-state index contributed by atoms with van der Waals surface area (Å²) in [5.74, 6) is 0.723. The first kappa shape index (κ1) is 15.8. The van der Waals surface area contributed by atoms with Gasteiger partial charge in [0.15, 0.2) is 0 Å². The minimum atomic E-state index is -0.559. The van der Waals surface area contributed by atoms with Gasteiger partial charge < -0.3 is 9.47 Å². The molecule has 0 spiro atoms. The van der Waals surface area contributed by atoms with E-state index >= 15 is 0 Å². The molecule has 1 aromatic heterocycles. The van der Waals surface area contributed by atoms with Crippen molar-refractivity contribution in [2.24, 2.45) is 0 Å². The van der Waals surface area contributed by atoms with Crippen LogP contribution in [-0.4, -0.2) is 23.8 Å². The van der Waals surface area contributed by atoms with Crippen LogP contribution in [0.1, 0.15) is 20.8 Å². The van der Waals surface area contributed by atoms with Crippen molar-refractivity contribution in [1.29, 1.82) is 0 Å². The molecule has 22 heavy (non-hydrogen) atoms. The van der Waals surface area contributed by atoms with Gasteiger partial charge in [-0.15, -0.1) is 0 Å². The first-order valence-electron chi connectivity index (χ1n) is 6.98. The molecule has 5 nitrogen and oxygen atoms in total. The average Bonchev–Trinajstić information content (AvgIpc) is 2.46. The monoisotopic (exact) mass is 300 g/mol. The van der Waals surface area contributed by atoms with Crippen LogP contribution in [0.5, 0.6) is 5.75 Å². The van der Waals surface area contributed by atoms with E-state index in [1.165, 1.54) is 0 Å². The summed E-state index contributed by atoms with van der Waals surface area (Å²) in [6.45, 7) is 5.45. The summed E-state index contributed by atoms with van der Waals surface area (Å²) in [5.41, 5.74) is 1.70. The quantitative estimate of drug-likeness (QED) is 0.927. The Bertz CT molecular complexity index is 663. The molecular weight excluding hydrogens is 280 g/mol. The van der Waals surface area contributed by atoms with Crippen LogP contribution in [-0.2, 0) is 4.74 Å². The third kappa shape index (κ3) is 3.97. The van der Waals surface area contributed by atoms with Crippen LogP contribution in [0.4, 0.5) is 10.5 Å². The van der Waals surface area contributed by atoms with Gasteiger partial charge in [0, 0.05) is 17.3 Å². The second-order valence-electron chi connectivity index (χ2n) is 5.75. The molecule has 0 bridgehead atoms.